The zero-order chi connectivity index (χ0) is 13.2. The number of hydrogen-bond donors (Lipinski definition) is 2. The average molecular weight is 258 g/mol. The highest BCUT2D eigenvalue weighted by molar-refractivity contribution is 7.80. The Kier molecular flexibility index (Phi) is 4.03. The third kappa shape index (κ3) is 3.36. The molecule has 94 valence electrons. The van der Waals surface area contributed by atoms with Gasteiger partial charge in [-0.1, -0.05) is 19.1 Å². The lowest BCUT2D eigenvalue weighted by atomic mass is 10.0. The molecule has 0 aromatic heterocycles. The van der Waals surface area contributed by atoms with Gasteiger partial charge >= 0.3 is 0 Å². The van der Waals surface area contributed by atoms with Crippen molar-refractivity contribution in [1.82, 2.24) is 0 Å². The molecule has 0 aliphatic carbocycles. The lowest BCUT2D eigenvalue weighted by Crippen LogP contribution is -2.30. The first-order valence-electron chi connectivity index (χ1n) is 5.34. The van der Waals surface area contributed by atoms with Gasteiger partial charge in [0, 0.05) is 11.1 Å². The Bertz CT molecular complexity index is 421. The zero-order valence-electron chi connectivity index (χ0n) is 10.1. The van der Waals surface area contributed by atoms with Crippen LogP contribution in [0.15, 0.2) is 12.1 Å². The van der Waals surface area contributed by atoms with E-state index in [9.17, 15) is 8.78 Å². The molecular formula is C12H16F2N2S. The van der Waals surface area contributed by atoms with Crippen LogP contribution in [-0.4, -0.2) is 10.5 Å². The Morgan fingerprint density at radius 2 is 1.82 bits per heavy atom. The molecule has 5 heteroatoms. The maximum Gasteiger partial charge on any atom is 0.150 e. The fraction of sp³-hybridized carbons (Fsp3) is 0.417. The van der Waals surface area contributed by atoms with Gasteiger partial charge in [-0.3, -0.25) is 0 Å². The van der Waals surface area contributed by atoms with E-state index < -0.39 is 11.6 Å². The van der Waals surface area contributed by atoms with Gasteiger partial charge in [0.2, 0.25) is 0 Å². The predicted molar refractivity (Wildman–Crippen MR) is 70.2 cm³/mol. The molecule has 0 saturated carbocycles. The van der Waals surface area contributed by atoms with Crippen LogP contribution in [0.3, 0.4) is 0 Å². The molecule has 0 fully saturated rings. The van der Waals surface area contributed by atoms with E-state index in [0.717, 1.165) is 18.6 Å². The highest BCUT2D eigenvalue weighted by atomic mass is 32.1. The van der Waals surface area contributed by atoms with E-state index in [4.69, 9.17) is 5.73 Å². The summed E-state index contributed by atoms with van der Waals surface area (Å²) in [4.78, 5) is -0.0240. The summed E-state index contributed by atoms with van der Waals surface area (Å²) in [5.74, 6) is -1.37. The zero-order valence-corrected chi connectivity index (χ0v) is 10.9. The van der Waals surface area contributed by atoms with Crippen LogP contribution in [0.5, 0.6) is 0 Å². The fourth-order valence-electron chi connectivity index (χ4n) is 1.26. The number of hydrogen-bond acceptors (Lipinski definition) is 2. The van der Waals surface area contributed by atoms with Crippen molar-refractivity contribution in [3.8, 4) is 0 Å². The van der Waals surface area contributed by atoms with Gasteiger partial charge in [-0.25, -0.2) is 8.78 Å². The monoisotopic (exact) mass is 258 g/mol. The van der Waals surface area contributed by atoms with Gasteiger partial charge < -0.3 is 11.1 Å². The van der Waals surface area contributed by atoms with E-state index in [1.165, 1.54) is 0 Å². The van der Waals surface area contributed by atoms with Gasteiger partial charge in [0.05, 0.1) is 0 Å². The normalized spacial score (nSPS) is 11.4. The Morgan fingerprint density at radius 1 is 1.35 bits per heavy atom. The summed E-state index contributed by atoms with van der Waals surface area (Å²) in [7, 11) is 0. The SMILES string of the molecule is CCC(C)(C)Nc1c(F)cc(C(N)=S)cc1F. The first-order valence-corrected chi connectivity index (χ1v) is 5.74. The molecule has 0 radical (unpaired) electrons. The number of nitrogens with two attached hydrogens (primary N) is 1. The van der Waals surface area contributed by atoms with Crippen molar-refractivity contribution in [1.29, 1.82) is 0 Å². The maximum atomic E-state index is 13.7. The lowest BCUT2D eigenvalue weighted by Gasteiger charge is -2.26. The van der Waals surface area contributed by atoms with Crippen LogP contribution in [0.25, 0.3) is 0 Å². The summed E-state index contributed by atoms with van der Waals surface area (Å²) in [6, 6.07) is 2.28. The molecule has 0 aliphatic rings. The third-order valence-corrected chi connectivity index (χ3v) is 2.91. The molecule has 0 heterocycles. The van der Waals surface area contributed by atoms with Gasteiger partial charge in [-0.2, -0.15) is 0 Å². The Labute approximate surface area is 105 Å². The van der Waals surface area contributed by atoms with E-state index in [1.54, 1.807) is 0 Å². The largest absolute Gasteiger partial charge is 0.389 e. The first kappa shape index (κ1) is 13.8. The fourth-order valence-corrected chi connectivity index (χ4v) is 1.38. The van der Waals surface area contributed by atoms with Crippen LogP contribution in [0.2, 0.25) is 0 Å². The molecule has 0 spiro atoms. The summed E-state index contributed by atoms with van der Waals surface area (Å²) in [6.45, 7) is 5.67. The van der Waals surface area contributed by atoms with E-state index in [0.29, 0.717) is 0 Å². The van der Waals surface area contributed by atoms with Crippen LogP contribution in [0, 0.1) is 11.6 Å². The summed E-state index contributed by atoms with van der Waals surface area (Å²) >= 11 is 4.68. The summed E-state index contributed by atoms with van der Waals surface area (Å²) in [6.07, 6.45) is 0.739. The highest BCUT2D eigenvalue weighted by Crippen LogP contribution is 2.25. The number of anilines is 1. The van der Waals surface area contributed by atoms with Crippen molar-refractivity contribution in [2.45, 2.75) is 32.7 Å². The molecule has 0 amide bonds. The van der Waals surface area contributed by atoms with Crippen molar-refractivity contribution >= 4 is 22.9 Å². The molecule has 0 aliphatic heterocycles. The molecule has 1 aromatic rings. The summed E-state index contributed by atoms with van der Waals surface area (Å²) < 4.78 is 27.4. The number of benzene rings is 1. The molecule has 17 heavy (non-hydrogen) atoms. The van der Waals surface area contributed by atoms with E-state index in [1.807, 2.05) is 20.8 Å². The first-order chi connectivity index (χ1) is 7.76. The minimum absolute atomic E-state index is 0.0240. The van der Waals surface area contributed by atoms with Gasteiger partial charge in [-0.15, -0.1) is 0 Å². The molecule has 2 nitrogen and oxygen atoms in total. The number of halogens is 2. The van der Waals surface area contributed by atoms with Gasteiger partial charge in [0.25, 0.3) is 0 Å². The van der Waals surface area contributed by atoms with E-state index in [-0.39, 0.29) is 21.8 Å². The standard InChI is InChI=1S/C12H16F2N2S/c1-4-12(2,3)16-10-8(13)5-7(11(15)17)6-9(10)14/h5-6,16H,4H2,1-3H3,(H2,15,17). The number of thiocarbonyl (C=S) groups is 1. The Morgan fingerprint density at radius 3 is 2.18 bits per heavy atom. The second-order valence-electron chi connectivity index (χ2n) is 4.54. The second-order valence-corrected chi connectivity index (χ2v) is 4.98. The quantitative estimate of drug-likeness (QED) is 0.814. The van der Waals surface area contributed by atoms with Crippen LogP contribution in [-0.2, 0) is 0 Å². The summed E-state index contributed by atoms with van der Waals surface area (Å²) in [5.41, 5.74) is 5.00. The highest BCUT2D eigenvalue weighted by Gasteiger charge is 2.20. The van der Waals surface area contributed by atoms with Crippen LogP contribution in [0.4, 0.5) is 14.5 Å². The van der Waals surface area contributed by atoms with Crippen molar-refractivity contribution in [2.24, 2.45) is 5.73 Å². The average Bonchev–Trinajstić information content (AvgIpc) is 2.23. The number of rotatable bonds is 4. The molecule has 0 bridgehead atoms. The number of nitrogens with one attached hydrogen (secondary N) is 1. The van der Waals surface area contributed by atoms with Crippen LogP contribution < -0.4 is 11.1 Å². The van der Waals surface area contributed by atoms with Gasteiger partial charge in [0.15, 0.2) is 0 Å². The molecule has 3 N–H and O–H groups in total. The minimum atomic E-state index is -0.686. The van der Waals surface area contributed by atoms with Crippen LogP contribution in [0.1, 0.15) is 32.8 Å². The van der Waals surface area contributed by atoms with Crippen molar-refractivity contribution < 1.29 is 8.78 Å². The van der Waals surface area contributed by atoms with E-state index in [2.05, 4.69) is 17.5 Å². The molecule has 0 atom stereocenters. The second kappa shape index (κ2) is 4.96. The maximum absolute atomic E-state index is 13.7. The Hall–Kier alpha value is -1.23. The van der Waals surface area contributed by atoms with Crippen molar-refractivity contribution in [3.05, 3.63) is 29.3 Å². The van der Waals surface area contributed by atoms with Gasteiger partial charge in [-0.05, 0) is 32.4 Å². The van der Waals surface area contributed by atoms with Crippen molar-refractivity contribution in [3.63, 3.8) is 0 Å². The van der Waals surface area contributed by atoms with Gasteiger partial charge in [0.1, 0.15) is 22.3 Å². The molecule has 1 rings (SSSR count). The smallest absolute Gasteiger partial charge is 0.150 e. The third-order valence-electron chi connectivity index (χ3n) is 2.67. The molecular weight excluding hydrogens is 242 g/mol. The minimum Gasteiger partial charge on any atom is -0.389 e. The molecule has 0 unspecified atom stereocenters. The Balaban J connectivity index is 3.15. The lowest BCUT2D eigenvalue weighted by molar-refractivity contribution is 0.522. The summed E-state index contributed by atoms with van der Waals surface area (Å²) in [5, 5.41) is 2.84. The molecule has 1 aromatic carbocycles. The topological polar surface area (TPSA) is 38.0 Å². The van der Waals surface area contributed by atoms with Crippen molar-refractivity contribution in [2.75, 3.05) is 5.32 Å². The van der Waals surface area contributed by atoms with E-state index >= 15 is 0 Å². The van der Waals surface area contributed by atoms with Crippen LogP contribution >= 0.6 is 12.2 Å². The predicted octanol–water partition coefficient (Wildman–Crippen LogP) is 3.20. The molecule has 0 saturated heterocycles.